The van der Waals surface area contributed by atoms with Crippen LogP contribution in [0.15, 0.2) is 53.1 Å². The Kier molecular flexibility index (Phi) is 4.22. The minimum atomic E-state index is -0.347. The van der Waals surface area contributed by atoms with Gasteiger partial charge in [-0.25, -0.2) is 4.39 Å². The highest BCUT2D eigenvalue weighted by molar-refractivity contribution is 6.50. The Morgan fingerprint density at radius 1 is 1.14 bits per heavy atom. The first-order valence-electron chi connectivity index (χ1n) is 6.35. The second-order valence-electron chi connectivity index (χ2n) is 4.45. The Labute approximate surface area is 136 Å². The van der Waals surface area contributed by atoms with Gasteiger partial charge in [-0.05, 0) is 35.9 Å². The van der Waals surface area contributed by atoms with E-state index in [1.807, 2.05) is 12.1 Å². The zero-order valence-electron chi connectivity index (χ0n) is 11.1. The van der Waals surface area contributed by atoms with Crippen molar-refractivity contribution in [1.29, 1.82) is 0 Å². The number of aromatic nitrogens is 2. The van der Waals surface area contributed by atoms with Gasteiger partial charge in [0.05, 0.1) is 5.02 Å². The molecule has 0 aliphatic heterocycles. The maximum absolute atomic E-state index is 13.2. The minimum Gasteiger partial charge on any atom is -0.333 e. The number of hydrogen-bond donors (Lipinski definition) is 0. The Bertz CT molecular complexity index is 845. The summed E-state index contributed by atoms with van der Waals surface area (Å²) in [5, 5.41) is 4.59. The second kappa shape index (κ2) is 6.30. The van der Waals surface area contributed by atoms with Crippen LogP contribution in [0.4, 0.5) is 4.39 Å². The molecule has 0 radical (unpaired) electrons. The van der Waals surface area contributed by atoms with Gasteiger partial charge in [-0.15, -0.1) is 0 Å². The van der Waals surface area contributed by atoms with Crippen molar-refractivity contribution in [1.82, 2.24) is 10.1 Å². The maximum Gasteiger partial charge on any atom is 0.269 e. The lowest BCUT2D eigenvalue weighted by Crippen LogP contribution is -1.83. The lowest BCUT2D eigenvalue weighted by atomic mass is 10.2. The molecular formula is C16H9Cl2FN2O. The molecule has 0 aliphatic carbocycles. The van der Waals surface area contributed by atoms with Gasteiger partial charge < -0.3 is 4.52 Å². The summed E-state index contributed by atoms with van der Waals surface area (Å²) in [6.45, 7) is 0. The molecule has 0 saturated heterocycles. The van der Waals surface area contributed by atoms with Crippen molar-refractivity contribution >= 4 is 34.3 Å². The lowest BCUT2D eigenvalue weighted by molar-refractivity contribution is 0.410. The lowest BCUT2D eigenvalue weighted by Gasteiger charge is -1.96. The van der Waals surface area contributed by atoms with Crippen LogP contribution >= 0.6 is 23.2 Å². The van der Waals surface area contributed by atoms with Gasteiger partial charge in [-0.3, -0.25) is 0 Å². The molecule has 0 spiro atoms. The summed E-state index contributed by atoms with van der Waals surface area (Å²) < 4.78 is 18.3. The van der Waals surface area contributed by atoms with Crippen molar-refractivity contribution in [2.45, 2.75) is 0 Å². The van der Waals surface area contributed by atoms with Crippen molar-refractivity contribution in [3.8, 4) is 11.4 Å². The molecule has 0 bridgehead atoms. The van der Waals surface area contributed by atoms with Crippen LogP contribution < -0.4 is 0 Å². The zero-order valence-corrected chi connectivity index (χ0v) is 12.6. The summed E-state index contributed by atoms with van der Waals surface area (Å²) in [4.78, 5) is 4.20. The molecule has 6 heteroatoms. The third kappa shape index (κ3) is 3.18. The predicted molar refractivity (Wildman–Crippen MR) is 84.9 cm³/mol. The van der Waals surface area contributed by atoms with E-state index >= 15 is 0 Å². The third-order valence-corrected chi connectivity index (χ3v) is 3.49. The molecule has 3 nitrogen and oxygen atoms in total. The average Bonchev–Trinajstić information content (AvgIpc) is 2.97. The van der Waals surface area contributed by atoms with Crippen molar-refractivity contribution in [2.24, 2.45) is 0 Å². The van der Waals surface area contributed by atoms with Crippen molar-refractivity contribution in [2.75, 3.05) is 0 Å². The Morgan fingerprint density at radius 3 is 2.73 bits per heavy atom. The maximum atomic E-state index is 13.2. The van der Waals surface area contributed by atoms with Gasteiger partial charge in [0.15, 0.2) is 0 Å². The van der Waals surface area contributed by atoms with Crippen LogP contribution in [0.25, 0.3) is 22.5 Å². The van der Waals surface area contributed by atoms with Gasteiger partial charge in [-0.2, -0.15) is 4.98 Å². The van der Waals surface area contributed by atoms with E-state index in [1.165, 1.54) is 12.1 Å². The van der Waals surface area contributed by atoms with Gasteiger partial charge in [0.2, 0.25) is 5.82 Å². The summed E-state index contributed by atoms with van der Waals surface area (Å²) in [5.74, 6) is 0.132. The minimum absolute atomic E-state index is 0.140. The topological polar surface area (TPSA) is 38.9 Å². The first-order valence-corrected chi connectivity index (χ1v) is 7.11. The van der Waals surface area contributed by atoms with E-state index in [0.29, 0.717) is 22.0 Å². The molecule has 22 heavy (non-hydrogen) atoms. The smallest absolute Gasteiger partial charge is 0.269 e. The first kappa shape index (κ1) is 14.8. The molecule has 0 amide bonds. The fourth-order valence-corrected chi connectivity index (χ4v) is 2.30. The quantitative estimate of drug-likeness (QED) is 0.655. The standard InChI is InChI=1S/C16H9Cl2FN2O/c17-13-7-2-1-6-12(13)15-20-16(22-21-15)14(18)9-10-4-3-5-11(19)8-10/h1-9H/b14-9-. The third-order valence-electron chi connectivity index (χ3n) is 2.89. The van der Waals surface area contributed by atoms with Crippen LogP contribution in [0.2, 0.25) is 5.02 Å². The molecule has 110 valence electrons. The molecule has 0 fully saturated rings. The average molecular weight is 335 g/mol. The molecule has 0 unspecified atom stereocenters. The molecule has 1 aromatic heterocycles. The van der Waals surface area contributed by atoms with Gasteiger partial charge in [0, 0.05) is 5.56 Å². The van der Waals surface area contributed by atoms with E-state index in [-0.39, 0.29) is 16.7 Å². The van der Waals surface area contributed by atoms with Gasteiger partial charge in [0.1, 0.15) is 10.8 Å². The van der Waals surface area contributed by atoms with E-state index < -0.39 is 0 Å². The van der Waals surface area contributed by atoms with Crippen molar-refractivity contribution in [3.63, 3.8) is 0 Å². The number of halogens is 3. The van der Waals surface area contributed by atoms with Gasteiger partial charge in [-0.1, -0.05) is 52.6 Å². The Hall–Kier alpha value is -2.17. The highest BCUT2D eigenvalue weighted by Crippen LogP contribution is 2.28. The van der Waals surface area contributed by atoms with E-state index in [9.17, 15) is 4.39 Å². The van der Waals surface area contributed by atoms with E-state index in [1.54, 1.807) is 30.3 Å². The molecular weight excluding hydrogens is 326 g/mol. The highest BCUT2D eigenvalue weighted by atomic mass is 35.5. The Morgan fingerprint density at radius 2 is 1.95 bits per heavy atom. The van der Waals surface area contributed by atoms with Crippen LogP contribution in [0.3, 0.4) is 0 Å². The summed E-state index contributed by atoms with van der Waals surface area (Å²) in [7, 11) is 0. The largest absolute Gasteiger partial charge is 0.333 e. The van der Waals surface area contributed by atoms with Crippen LogP contribution in [0, 0.1) is 5.82 Å². The highest BCUT2D eigenvalue weighted by Gasteiger charge is 2.13. The van der Waals surface area contributed by atoms with Crippen LogP contribution in [0.5, 0.6) is 0 Å². The molecule has 0 saturated carbocycles. The number of nitrogens with zero attached hydrogens (tertiary/aromatic N) is 2. The fourth-order valence-electron chi connectivity index (χ4n) is 1.88. The SMILES string of the molecule is Fc1cccc(/C=C(\Cl)c2nc(-c3ccccc3Cl)no2)c1. The number of rotatable bonds is 3. The molecule has 3 rings (SSSR count). The van der Waals surface area contributed by atoms with Crippen LogP contribution in [0.1, 0.15) is 11.5 Å². The summed E-state index contributed by atoms with van der Waals surface area (Å²) in [6.07, 6.45) is 1.55. The normalized spacial score (nSPS) is 11.7. The Balaban J connectivity index is 1.92. The predicted octanol–water partition coefficient (Wildman–Crippen LogP) is 5.27. The molecule has 2 aromatic carbocycles. The van der Waals surface area contributed by atoms with Crippen molar-refractivity contribution < 1.29 is 8.91 Å². The summed E-state index contributed by atoms with van der Waals surface area (Å²) in [6, 6.07) is 13.2. The molecule has 0 atom stereocenters. The van der Waals surface area contributed by atoms with Crippen molar-refractivity contribution in [3.05, 3.63) is 70.8 Å². The molecule has 1 heterocycles. The van der Waals surface area contributed by atoms with E-state index in [4.69, 9.17) is 27.7 Å². The molecule has 3 aromatic rings. The van der Waals surface area contributed by atoms with Crippen LogP contribution in [-0.4, -0.2) is 10.1 Å². The van der Waals surface area contributed by atoms with Crippen LogP contribution in [-0.2, 0) is 0 Å². The monoisotopic (exact) mass is 334 g/mol. The summed E-state index contributed by atoms with van der Waals surface area (Å²) in [5.41, 5.74) is 1.25. The summed E-state index contributed by atoms with van der Waals surface area (Å²) >= 11 is 12.2. The first-order chi connectivity index (χ1) is 10.6. The second-order valence-corrected chi connectivity index (χ2v) is 5.26. The van der Waals surface area contributed by atoms with Gasteiger partial charge in [0.25, 0.3) is 5.89 Å². The van der Waals surface area contributed by atoms with Gasteiger partial charge >= 0.3 is 0 Å². The number of benzene rings is 2. The van der Waals surface area contributed by atoms with E-state index in [0.717, 1.165) is 0 Å². The fraction of sp³-hybridized carbons (Fsp3) is 0. The zero-order chi connectivity index (χ0) is 15.5. The molecule has 0 N–H and O–H groups in total. The van der Waals surface area contributed by atoms with E-state index in [2.05, 4.69) is 10.1 Å². The molecule has 0 aliphatic rings. The number of hydrogen-bond acceptors (Lipinski definition) is 3.